The Balaban J connectivity index is 2.13. The molecule has 102 valence electrons. The summed E-state index contributed by atoms with van der Waals surface area (Å²) in [7, 11) is 0. The van der Waals surface area contributed by atoms with Crippen molar-refractivity contribution in [1.29, 1.82) is 0 Å². The summed E-state index contributed by atoms with van der Waals surface area (Å²) in [5, 5.41) is 1.07. The maximum Gasteiger partial charge on any atom is 0.201 e. The second-order valence-electron chi connectivity index (χ2n) is 6.16. The number of nitrogens with zero attached hydrogens (tertiary/aromatic N) is 2. The van der Waals surface area contributed by atoms with Gasteiger partial charge < -0.3 is 10.3 Å². The zero-order valence-corrected chi connectivity index (χ0v) is 12.6. The number of hydrogen-bond donors (Lipinski definition) is 1. The van der Waals surface area contributed by atoms with Gasteiger partial charge in [0.15, 0.2) is 0 Å². The number of imidazole rings is 1. The minimum absolute atomic E-state index is 0.365. The number of halogens is 2. The van der Waals surface area contributed by atoms with Crippen molar-refractivity contribution in [2.75, 3.05) is 5.73 Å². The molecule has 5 heteroatoms. The standard InChI is InChI=1S/C14H17Cl2N3/c1-14(2)4-3-8(7-14)19-12-6-10(16)9(15)5-11(12)18-13(19)17/h5-6,8H,3-4,7H2,1-2H3,(H2,17,18). The Bertz CT molecular complexity index is 646. The average molecular weight is 298 g/mol. The molecule has 3 rings (SSSR count). The summed E-state index contributed by atoms with van der Waals surface area (Å²) in [6, 6.07) is 4.05. The van der Waals surface area contributed by atoms with Crippen LogP contribution in [0.4, 0.5) is 5.95 Å². The van der Waals surface area contributed by atoms with Crippen LogP contribution < -0.4 is 5.73 Å². The molecule has 0 saturated heterocycles. The number of hydrogen-bond acceptors (Lipinski definition) is 2. The third-order valence-corrected chi connectivity index (χ3v) is 4.79. The molecule has 1 saturated carbocycles. The van der Waals surface area contributed by atoms with Crippen molar-refractivity contribution in [2.24, 2.45) is 5.41 Å². The molecule has 1 aliphatic carbocycles. The highest BCUT2D eigenvalue weighted by Gasteiger charge is 2.33. The van der Waals surface area contributed by atoms with Gasteiger partial charge in [-0.15, -0.1) is 0 Å². The third kappa shape index (κ3) is 2.19. The SMILES string of the molecule is CC1(C)CCC(n2c(N)nc3cc(Cl)c(Cl)cc32)C1. The van der Waals surface area contributed by atoms with Crippen LogP contribution >= 0.6 is 23.2 Å². The highest BCUT2D eigenvalue weighted by molar-refractivity contribution is 6.42. The van der Waals surface area contributed by atoms with Crippen LogP contribution in [0, 0.1) is 5.41 Å². The quantitative estimate of drug-likeness (QED) is 0.831. The smallest absolute Gasteiger partial charge is 0.201 e. The lowest BCUT2D eigenvalue weighted by Gasteiger charge is -2.19. The number of fused-ring (bicyclic) bond motifs is 1. The first-order valence-electron chi connectivity index (χ1n) is 6.50. The monoisotopic (exact) mass is 297 g/mol. The molecule has 1 unspecified atom stereocenters. The molecule has 1 heterocycles. The minimum atomic E-state index is 0.365. The molecule has 1 fully saturated rings. The molecule has 1 aliphatic rings. The van der Waals surface area contributed by atoms with Crippen molar-refractivity contribution in [1.82, 2.24) is 9.55 Å². The Morgan fingerprint density at radius 2 is 2.00 bits per heavy atom. The Labute approximate surface area is 122 Å². The molecule has 0 spiro atoms. The van der Waals surface area contributed by atoms with Gasteiger partial charge in [0, 0.05) is 6.04 Å². The maximum atomic E-state index is 6.12. The molecule has 2 N–H and O–H groups in total. The van der Waals surface area contributed by atoms with Gasteiger partial charge in [-0.2, -0.15) is 0 Å². The number of benzene rings is 1. The van der Waals surface area contributed by atoms with Crippen molar-refractivity contribution in [3.05, 3.63) is 22.2 Å². The molecule has 19 heavy (non-hydrogen) atoms. The first-order chi connectivity index (χ1) is 8.87. The fraction of sp³-hybridized carbons (Fsp3) is 0.500. The Hall–Kier alpha value is -0.930. The van der Waals surface area contributed by atoms with Crippen LogP contribution in [0.1, 0.15) is 39.2 Å². The van der Waals surface area contributed by atoms with Gasteiger partial charge in [-0.25, -0.2) is 4.98 Å². The van der Waals surface area contributed by atoms with Crippen LogP contribution in [-0.2, 0) is 0 Å². The Morgan fingerprint density at radius 1 is 1.32 bits per heavy atom. The number of nitrogens with two attached hydrogens (primary N) is 1. The number of anilines is 1. The number of rotatable bonds is 1. The summed E-state index contributed by atoms with van der Waals surface area (Å²) < 4.78 is 2.12. The van der Waals surface area contributed by atoms with E-state index in [1.165, 1.54) is 6.42 Å². The Morgan fingerprint density at radius 3 is 2.63 bits per heavy atom. The molecule has 0 amide bonds. The van der Waals surface area contributed by atoms with E-state index in [4.69, 9.17) is 28.9 Å². The lowest BCUT2D eigenvalue weighted by atomic mass is 9.92. The van der Waals surface area contributed by atoms with Gasteiger partial charge in [0.25, 0.3) is 0 Å². The van der Waals surface area contributed by atoms with E-state index in [9.17, 15) is 0 Å². The fourth-order valence-electron chi connectivity index (χ4n) is 3.11. The number of nitrogen functional groups attached to an aromatic ring is 1. The maximum absolute atomic E-state index is 6.12. The third-order valence-electron chi connectivity index (χ3n) is 4.07. The van der Waals surface area contributed by atoms with Gasteiger partial charge in [-0.1, -0.05) is 37.0 Å². The fourth-order valence-corrected chi connectivity index (χ4v) is 3.43. The number of aromatic nitrogens is 2. The highest BCUT2D eigenvalue weighted by atomic mass is 35.5. The molecule has 0 aliphatic heterocycles. The molecule has 1 atom stereocenters. The van der Waals surface area contributed by atoms with E-state index < -0.39 is 0 Å². The van der Waals surface area contributed by atoms with E-state index >= 15 is 0 Å². The molecule has 0 radical (unpaired) electrons. The van der Waals surface area contributed by atoms with Crippen LogP contribution in [0.2, 0.25) is 10.0 Å². The van der Waals surface area contributed by atoms with Crippen LogP contribution in [-0.4, -0.2) is 9.55 Å². The van der Waals surface area contributed by atoms with E-state index in [1.807, 2.05) is 6.07 Å². The first-order valence-corrected chi connectivity index (χ1v) is 7.25. The van der Waals surface area contributed by atoms with E-state index in [0.717, 1.165) is 23.9 Å². The van der Waals surface area contributed by atoms with Gasteiger partial charge in [0.2, 0.25) is 5.95 Å². The second-order valence-corrected chi connectivity index (χ2v) is 6.97. The topological polar surface area (TPSA) is 43.8 Å². The molecule has 2 aromatic rings. The molecular weight excluding hydrogens is 281 g/mol. The molecule has 1 aromatic carbocycles. The van der Waals surface area contributed by atoms with Crippen molar-refractivity contribution in [2.45, 2.75) is 39.2 Å². The second kappa shape index (κ2) is 4.29. The van der Waals surface area contributed by atoms with E-state index in [0.29, 0.717) is 27.5 Å². The summed E-state index contributed by atoms with van der Waals surface area (Å²) >= 11 is 12.1. The molecule has 0 bridgehead atoms. The molecule has 1 aromatic heterocycles. The van der Waals surface area contributed by atoms with E-state index in [1.54, 1.807) is 6.07 Å². The van der Waals surface area contributed by atoms with Gasteiger partial charge in [0.1, 0.15) is 0 Å². The summed E-state index contributed by atoms with van der Waals surface area (Å²) in [4.78, 5) is 4.41. The predicted octanol–water partition coefficient (Wildman–Crippen LogP) is 4.68. The lowest BCUT2D eigenvalue weighted by Crippen LogP contribution is -2.11. The molecule has 3 nitrogen and oxygen atoms in total. The Kier molecular flexibility index (Phi) is 2.95. The summed E-state index contributed by atoms with van der Waals surface area (Å²) in [6.45, 7) is 4.60. The largest absolute Gasteiger partial charge is 0.369 e. The summed E-state index contributed by atoms with van der Waals surface area (Å²) in [6.07, 6.45) is 3.45. The zero-order chi connectivity index (χ0) is 13.8. The first kappa shape index (κ1) is 13.1. The van der Waals surface area contributed by atoms with Gasteiger partial charge in [-0.3, -0.25) is 0 Å². The minimum Gasteiger partial charge on any atom is -0.369 e. The van der Waals surface area contributed by atoms with Crippen LogP contribution in [0.25, 0.3) is 11.0 Å². The van der Waals surface area contributed by atoms with Crippen molar-refractivity contribution in [3.8, 4) is 0 Å². The highest BCUT2D eigenvalue weighted by Crippen LogP contribution is 2.45. The van der Waals surface area contributed by atoms with Crippen molar-refractivity contribution in [3.63, 3.8) is 0 Å². The van der Waals surface area contributed by atoms with Gasteiger partial charge in [0.05, 0.1) is 21.1 Å². The van der Waals surface area contributed by atoms with E-state index in [-0.39, 0.29) is 0 Å². The van der Waals surface area contributed by atoms with E-state index in [2.05, 4.69) is 23.4 Å². The summed E-state index contributed by atoms with van der Waals surface area (Å²) in [5.74, 6) is 0.552. The predicted molar refractivity (Wildman–Crippen MR) is 80.8 cm³/mol. The van der Waals surface area contributed by atoms with Crippen LogP contribution in [0.3, 0.4) is 0 Å². The van der Waals surface area contributed by atoms with Crippen LogP contribution in [0.5, 0.6) is 0 Å². The molecular formula is C14H17Cl2N3. The van der Waals surface area contributed by atoms with Gasteiger partial charge >= 0.3 is 0 Å². The zero-order valence-electron chi connectivity index (χ0n) is 11.1. The normalized spacial score (nSPS) is 22.2. The van der Waals surface area contributed by atoms with Crippen molar-refractivity contribution < 1.29 is 0 Å². The van der Waals surface area contributed by atoms with Crippen molar-refractivity contribution >= 4 is 40.2 Å². The average Bonchev–Trinajstić information content (AvgIpc) is 2.79. The summed E-state index contributed by atoms with van der Waals surface area (Å²) in [5.41, 5.74) is 8.25. The lowest BCUT2D eigenvalue weighted by molar-refractivity contribution is 0.361. The van der Waals surface area contributed by atoms with Crippen LogP contribution in [0.15, 0.2) is 12.1 Å². The van der Waals surface area contributed by atoms with Gasteiger partial charge in [-0.05, 0) is 36.8 Å².